The maximum absolute atomic E-state index is 12.8. The first-order chi connectivity index (χ1) is 8.39. The number of aromatic nitrogens is 1. The van der Waals surface area contributed by atoms with Crippen molar-refractivity contribution < 1.29 is 9.18 Å². The molecule has 0 aliphatic heterocycles. The van der Waals surface area contributed by atoms with Gasteiger partial charge in [0.1, 0.15) is 5.82 Å². The maximum atomic E-state index is 12.8. The van der Waals surface area contributed by atoms with E-state index in [1.807, 2.05) is 0 Å². The predicted octanol–water partition coefficient (Wildman–Crippen LogP) is 4.17. The lowest BCUT2D eigenvalue weighted by molar-refractivity contribution is 0.0990. The molecule has 0 aliphatic carbocycles. The molecule has 0 saturated heterocycles. The summed E-state index contributed by atoms with van der Waals surface area (Å²) in [7, 11) is 0. The molecule has 0 saturated carbocycles. The van der Waals surface area contributed by atoms with Crippen LogP contribution < -0.4 is 0 Å². The third-order valence-electron chi connectivity index (χ3n) is 2.34. The van der Waals surface area contributed by atoms with Gasteiger partial charge in [0.15, 0.2) is 0 Å². The highest BCUT2D eigenvalue weighted by atomic mass is 35.6. The zero-order valence-corrected chi connectivity index (χ0v) is 11.2. The molecule has 0 amide bonds. The molecule has 0 bridgehead atoms. The fraction of sp³-hybridized carbons (Fsp3) is 0.0833. The van der Waals surface area contributed by atoms with E-state index in [-0.39, 0.29) is 11.5 Å². The van der Waals surface area contributed by atoms with E-state index in [0.29, 0.717) is 5.69 Å². The molecular weight excluding hydrogens is 299 g/mol. The molecule has 6 heteroatoms. The smallest absolute Gasteiger partial charge is 0.255 e. The molecule has 0 unspecified atom stereocenters. The molecule has 94 valence electrons. The number of halogens is 4. The molecule has 1 aromatic heterocycles. The van der Waals surface area contributed by atoms with Crippen molar-refractivity contribution in [2.75, 3.05) is 0 Å². The quantitative estimate of drug-likeness (QED) is 0.603. The number of nitrogens with zero attached hydrogens (tertiary/aromatic N) is 1. The van der Waals surface area contributed by atoms with Crippen molar-refractivity contribution >= 4 is 40.6 Å². The lowest BCUT2D eigenvalue weighted by Crippen LogP contribution is -2.21. The predicted molar refractivity (Wildman–Crippen MR) is 70.3 cm³/mol. The molecule has 0 fully saturated rings. The Morgan fingerprint density at radius 1 is 1.11 bits per heavy atom. The zero-order valence-electron chi connectivity index (χ0n) is 8.91. The molecule has 2 rings (SSSR count). The van der Waals surface area contributed by atoms with Crippen LogP contribution in [0.2, 0.25) is 0 Å². The second-order valence-corrected chi connectivity index (χ2v) is 5.85. The normalized spacial score (nSPS) is 11.6. The van der Waals surface area contributed by atoms with E-state index in [2.05, 4.69) is 0 Å². The van der Waals surface area contributed by atoms with Crippen molar-refractivity contribution in [3.05, 3.63) is 54.1 Å². The van der Waals surface area contributed by atoms with Gasteiger partial charge >= 0.3 is 0 Å². The average molecular weight is 307 g/mol. The molecule has 2 aromatic rings. The zero-order chi connectivity index (χ0) is 13.3. The number of benzene rings is 1. The van der Waals surface area contributed by atoms with Crippen LogP contribution in [0.15, 0.2) is 42.6 Å². The Kier molecular flexibility index (Phi) is 3.66. The lowest BCUT2D eigenvalue weighted by Gasteiger charge is -2.12. The first-order valence-electron chi connectivity index (χ1n) is 4.94. The summed E-state index contributed by atoms with van der Waals surface area (Å²) in [6.07, 6.45) is 1.64. The molecule has 0 spiro atoms. The Hall–Kier alpha value is -1.03. The van der Waals surface area contributed by atoms with Gasteiger partial charge in [0.25, 0.3) is 3.79 Å². The molecule has 0 atom stereocenters. The first-order valence-corrected chi connectivity index (χ1v) is 6.08. The molecule has 0 N–H and O–H groups in total. The van der Waals surface area contributed by atoms with Crippen LogP contribution in [0.5, 0.6) is 0 Å². The van der Waals surface area contributed by atoms with Gasteiger partial charge in [-0.1, -0.05) is 34.8 Å². The SMILES string of the molecule is O=C(c1cccn1-c1ccc(F)cc1)C(Cl)(Cl)Cl. The molecule has 0 radical (unpaired) electrons. The number of hydrogen-bond acceptors (Lipinski definition) is 1. The van der Waals surface area contributed by atoms with Crippen molar-refractivity contribution in [3.8, 4) is 5.69 Å². The number of carbonyl (C=O) groups is 1. The maximum Gasteiger partial charge on any atom is 0.255 e. The molecule has 1 aromatic carbocycles. The fourth-order valence-electron chi connectivity index (χ4n) is 1.54. The Labute approximate surface area is 118 Å². The number of carbonyl (C=O) groups excluding carboxylic acids is 1. The van der Waals surface area contributed by atoms with Gasteiger partial charge in [-0.25, -0.2) is 4.39 Å². The minimum atomic E-state index is -2.02. The van der Waals surface area contributed by atoms with Crippen LogP contribution in [0.25, 0.3) is 5.69 Å². The lowest BCUT2D eigenvalue weighted by atomic mass is 10.2. The molecule has 0 aliphatic rings. The van der Waals surface area contributed by atoms with E-state index in [1.54, 1.807) is 12.3 Å². The summed E-state index contributed by atoms with van der Waals surface area (Å²) in [5, 5.41) is 0. The van der Waals surface area contributed by atoms with Crippen LogP contribution in [0.1, 0.15) is 10.5 Å². The van der Waals surface area contributed by atoms with E-state index in [0.717, 1.165) is 0 Å². The van der Waals surface area contributed by atoms with Gasteiger partial charge in [-0.2, -0.15) is 0 Å². The monoisotopic (exact) mass is 305 g/mol. The molecule has 2 nitrogen and oxygen atoms in total. The summed E-state index contributed by atoms with van der Waals surface area (Å²) >= 11 is 16.7. The second-order valence-electron chi connectivity index (χ2n) is 3.57. The molecular formula is C12H7Cl3FNO. The van der Waals surface area contributed by atoms with Gasteiger partial charge in [-0.05, 0) is 36.4 Å². The van der Waals surface area contributed by atoms with Gasteiger partial charge in [0, 0.05) is 11.9 Å². The van der Waals surface area contributed by atoms with E-state index in [1.165, 1.54) is 34.9 Å². The minimum Gasteiger partial charge on any atom is -0.314 e. The van der Waals surface area contributed by atoms with Crippen LogP contribution in [-0.4, -0.2) is 14.1 Å². The summed E-state index contributed by atoms with van der Waals surface area (Å²) in [5.41, 5.74) is 0.834. The highest BCUT2D eigenvalue weighted by molar-refractivity contribution is 6.77. The van der Waals surface area contributed by atoms with Gasteiger partial charge in [-0.15, -0.1) is 0 Å². The topological polar surface area (TPSA) is 22.0 Å². The highest BCUT2D eigenvalue weighted by Gasteiger charge is 2.33. The summed E-state index contributed by atoms with van der Waals surface area (Å²) in [5.74, 6) is -0.998. The van der Waals surface area contributed by atoms with Crippen LogP contribution in [0.3, 0.4) is 0 Å². The number of alkyl halides is 3. The van der Waals surface area contributed by atoms with E-state index in [4.69, 9.17) is 34.8 Å². The Morgan fingerprint density at radius 3 is 2.28 bits per heavy atom. The molecule has 1 heterocycles. The van der Waals surface area contributed by atoms with Crippen molar-refractivity contribution in [1.29, 1.82) is 0 Å². The first kappa shape index (κ1) is 13.4. The van der Waals surface area contributed by atoms with Crippen LogP contribution in [-0.2, 0) is 0 Å². The van der Waals surface area contributed by atoms with Crippen molar-refractivity contribution in [3.63, 3.8) is 0 Å². The third kappa shape index (κ3) is 2.69. The fourth-order valence-corrected chi connectivity index (χ4v) is 1.83. The number of ketones is 1. The van der Waals surface area contributed by atoms with Gasteiger partial charge in [0.05, 0.1) is 5.69 Å². The third-order valence-corrected chi connectivity index (χ3v) is 2.86. The summed E-state index contributed by atoms with van der Waals surface area (Å²) in [6.45, 7) is 0. The Bertz CT molecular complexity index is 572. The minimum absolute atomic E-state index is 0.224. The van der Waals surface area contributed by atoms with E-state index >= 15 is 0 Å². The van der Waals surface area contributed by atoms with Crippen LogP contribution >= 0.6 is 34.8 Å². The summed E-state index contributed by atoms with van der Waals surface area (Å²) in [4.78, 5) is 11.9. The Morgan fingerprint density at radius 2 is 1.72 bits per heavy atom. The van der Waals surface area contributed by atoms with E-state index < -0.39 is 9.58 Å². The number of hydrogen-bond donors (Lipinski definition) is 0. The van der Waals surface area contributed by atoms with Crippen molar-refractivity contribution in [2.24, 2.45) is 0 Å². The van der Waals surface area contributed by atoms with Crippen molar-refractivity contribution in [2.45, 2.75) is 3.79 Å². The number of rotatable bonds is 2. The average Bonchev–Trinajstić information content (AvgIpc) is 2.76. The van der Waals surface area contributed by atoms with E-state index in [9.17, 15) is 9.18 Å². The van der Waals surface area contributed by atoms with Gasteiger partial charge < -0.3 is 4.57 Å². The van der Waals surface area contributed by atoms with Gasteiger partial charge in [-0.3, -0.25) is 4.79 Å². The summed E-state index contributed by atoms with van der Waals surface area (Å²) in [6, 6.07) is 8.83. The standard InChI is InChI=1S/C12H7Cl3FNO/c13-12(14,15)11(18)10-2-1-7-17(10)9-5-3-8(16)4-6-9/h1-7H. The molecule has 18 heavy (non-hydrogen) atoms. The van der Waals surface area contributed by atoms with Crippen LogP contribution in [0, 0.1) is 5.82 Å². The second kappa shape index (κ2) is 4.92. The summed E-state index contributed by atoms with van der Waals surface area (Å²) < 4.78 is 12.4. The Balaban J connectivity index is 2.45. The largest absolute Gasteiger partial charge is 0.314 e. The van der Waals surface area contributed by atoms with Crippen LogP contribution in [0.4, 0.5) is 4.39 Å². The highest BCUT2D eigenvalue weighted by Crippen LogP contribution is 2.31. The van der Waals surface area contributed by atoms with Gasteiger partial charge in [0.2, 0.25) is 5.78 Å². The van der Waals surface area contributed by atoms with Crippen molar-refractivity contribution in [1.82, 2.24) is 4.57 Å². The number of Topliss-reactive ketones (excluding diaryl/α,β-unsaturated/α-hetero) is 1.